The van der Waals surface area contributed by atoms with E-state index in [-0.39, 0.29) is 5.88 Å². The molecule has 2 aromatic heterocycles. The van der Waals surface area contributed by atoms with Gasteiger partial charge in [-0.15, -0.1) is 0 Å². The molecule has 0 radical (unpaired) electrons. The lowest BCUT2D eigenvalue weighted by Crippen LogP contribution is -1.93. The molecule has 2 heterocycles. The minimum Gasteiger partial charge on any atom is -0.492 e. The van der Waals surface area contributed by atoms with Crippen molar-refractivity contribution in [2.45, 2.75) is 6.92 Å². The van der Waals surface area contributed by atoms with Crippen LogP contribution in [0, 0.1) is 6.92 Å². The second kappa shape index (κ2) is 3.14. The van der Waals surface area contributed by atoms with Crippen molar-refractivity contribution in [2.75, 3.05) is 0 Å². The summed E-state index contributed by atoms with van der Waals surface area (Å²) in [5, 5.41) is 9.20. The molecule has 0 aliphatic carbocycles. The third-order valence-corrected chi connectivity index (χ3v) is 2.01. The smallest absolute Gasteiger partial charge is 0.229 e. The summed E-state index contributed by atoms with van der Waals surface area (Å²) >= 11 is 0. The fourth-order valence-corrected chi connectivity index (χ4v) is 1.35. The molecular formula is C10H11N3O. The number of aromatic hydroxyl groups is 1. The maximum absolute atomic E-state index is 9.20. The maximum Gasteiger partial charge on any atom is 0.229 e. The van der Waals surface area contributed by atoms with Crippen LogP contribution in [0.4, 0.5) is 0 Å². The van der Waals surface area contributed by atoms with Crippen molar-refractivity contribution in [2.24, 2.45) is 7.05 Å². The highest BCUT2D eigenvalue weighted by atomic mass is 16.3. The molecule has 1 N–H and O–H groups in total. The van der Waals surface area contributed by atoms with Gasteiger partial charge in [0.1, 0.15) is 5.69 Å². The topological polar surface area (TPSA) is 50.9 Å². The molecule has 2 rings (SSSR count). The van der Waals surface area contributed by atoms with Crippen LogP contribution in [0.3, 0.4) is 0 Å². The molecule has 0 aliphatic rings. The van der Waals surface area contributed by atoms with E-state index in [1.165, 1.54) is 0 Å². The molecule has 0 unspecified atom stereocenters. The Morgan fingerprint density at radius 3 is 2.79 bits per heavy atom. The number of imidazole rings is 1. The van der Waals surface area contributed by atoms with Crippen molar-refractivity contribution in [3.05, 3.63) is 30.1 Å². The number of hydrogen-bond acceptors (Lipinski definition) is 3. The molecule has 4 nitrogen and oxygen atoms in total. The van der Waals surface area contributed by atoms with Gasteiger partial charge >= 0.3 is 0 Å². The van der Waals surface area contributed by atoms with Crippen LogP contribution in [0.25, 0.3) is 11.5 Å². The van der Waals surface area contributed by atoms with Gasteiger partial charge < -0.3 is 9.67 Å². The summed E-state index contributed by atoms with van der Waals surface area (Å²) in [5.74, 6) is 0.692. The van der Waals surface area contributed by atoms with Crippen molar-refractivity contribution in [1.29, 1.82) is 0 Å². The summed E-state index contributed by atoms with van der Waals surface area (Å²) in [6.07, 6.45) is 3.29. The molecule has 0 bridgehead atoms. The van der Waals surface area contributed by atoms with Crippen molar-refractivity contribution >= 4 is 0 Å². The Hall–Kier alpha value is -1.84. The van der Waals surface area contributed by atoms with Gasteiger partial charge in [-0.25, -0.2) is 0 Å². The molecule has 0 saturated carbocycles. The first-order valence-electron chi connectivity index (χ1n) is 4.32. The van der Waals surface area contributed by atoms with Gasteiger partial charge in [-0.2, -0.15) is 4.98 Å². The van der Waals surface area contributed by atoms with Gasteiger partial charge in [0, 0.05) is 13.2 Å². The van der Waals surface area contributed by atoms with Gasteiger partial charge in [0.25, 0.3) is 0 Å². The third kappa shape index (κ3) is 1.46. The van der Waals surface area contributed by atoms with Crippen molar-refractivity contribution in [3.8, 4) is 17.4 Å². The highest BCUT2D eigenvalue weighted by Gasteiger charge is 2.07. The Balaban J connectivity index is 2.54. The van der Waals surface area contributed by atoms with Gasteiger partial charge in [0.2, 0.25) is 5.88 Å². The molecule has 0 saturated heterocycles. The molecule has 0 aromatic carbocycles. The number of hydrogen-bond donors (Lipinski definition) is 1. The monoisotopic (exact) mass is 189 g/mol. The summed E-state index contributed by atoms with van der Waals surface area (Å²) in [5.41, 5.74) is 1.89. The predicted octanol–water partition coefficient (Wildman–Crippen LogP) is 1.50. The Bertz CT molecular complexity index is 462. The van der Waals surface area contributed by atoms with Crippen LogP contribution in [0.5, 0.6) is 5.88 Å². The van der Waals surface area contributed by atoms with E-state index in [0.29, 0.717) is 5.82 Å². The average molecular weight is 189 g/mol. The van der Waals surface area contributed by atoms with Gasteiger partial charge in [0.05, 0.1) is 6.20 Å². The highest BCUT2D eigenvalue weighted by Crippen LogP contribution is 2.18. The lowest BCUT2D eigenvalue weighted by atomic mass is 10.2. The maximum atomic E-state index is 9.20. The van der Waals surface area contributed by atoms with Crippen molar-refractivity contribution in [1.82, 2.24) is 14.5 Å². The van der Waals surface area contributed by atoms with Gasteiger partial charge in [-0.1, -0.05) is 0 Å². The largest absolute Gasteiger partial charge is 0.492 e. The molecule has 0 amide bonds. The molecule has 0 aliphatic heterocycles. The number of pyridine rings is 1. The minimum atomic E-state index is 0.0193. The van der Waals surface area contributed by atoms with Gasteiger partial charge in [-0.3, -0.25) is 4.98 Å². The van der Waals surface area contributed by atoms with E-state index >= 15 is 0 Å². The highest BCUT2D eigenvalue weighted by molar-refractivity contribution is 5.51. The quantitative estimate of drug-likeness (QED) is 0.739. The summed E-state index contributed by atoms with van der Waals surface area (Å²) in [6.45, 7) is 1.99. The van der Waals surface area contributed by atoms with Crippen molar-refractivity contribution < 1.29 is 5.11 Å². The number of aromatic nitrogens is 3. The van der Waals surface area contributed by atoms with E-state index in [9.17, 15) is 5.11 Å². The molecule has 72 valence electrons. The zero-order valence-corrected chi connectivity index (χ0v) is 8.10. The molecule has 0 atom stereocenters. The molecule has 2 aromatic rings. The van der Waals surface area contributed by atoms with Crippen LogP contribution in [-0.2, 0) is 7.05 Å². The number of aryl methyl sites for hydroxylation is 2. The zero-order chi connectivity index (χ0) is 10.1. The van der Waals surface area contributed by atoms with Crippen LogP contribution in [-0.4, -0.2) is 19.6 Å². The first-order valence-corrected chi connectivity index (χ1v) is 4.32. The summed E-state index contributed by atoms with van der Waals surface area (Å²) in [6, 6.07) is 3.86. The van der Waals surface area contributed by atoms with E-state index in [1.54, 1.807) is 17.0 Å². The van der Waals surface area contributed by atoms with Crippen LogP contribution < -0.4 is 0 Å². The Morgan fingerprint density at radius 1 is 1.43 bits per heavy atom. The van der Waals surface area contributed by atoms with Crippen LogP contribution >= 0.6 is 0 Å². The number of rotatable bonds is 1. The average Bonchev–Trinajstić information content (AvgIpc) is 2.45. The predicted molar refractivity (Wildman–Crippen MR) is 52.8 cm³/mol. The second-order valence-corrected chi connectivity index (χ2v) is 3.25. The van der Waals surface area contributed by atoms with E-state index in [4.69, 9.17) is 0 Å². The lowest BCUT2D eigenvalue weighted by Gasteiger charge is -2.00. The summed E-state index contributed by atoms with van der Waals surface area (Å²) < 4.78 is 1.75. The van der Waals surface area contributed by atoms with E-state index in [0.717, 1.165) is 11.3 Å². The molecule has 0 fully saturated rings. The first-order chi connectivity index (χ1) is 6.66. The number of nitrogens with zero attached hydrogens (tertiary/aromatic N) is 3. The minimum absolute atomic E-state index is 0.0193. The fourth-order valence-electron chi connectivity index (χ4n) is 1.35. The first kappa shape index (κ1) is 8.74. The molecular weight excluding hydrogens is 178 g/mol. The normalized spacial score (nSPS) is 10.4. The Kier molecular flexibility index (Phi) is 1.96. The van der Waals surface area contributed by atoms with E-state index in [1.807, 2.05) is 26.1 Å². The third-order valence-electron chi connectivity index (χ3n) is 2.01. The van der Waals surface area contributed by atoms with Gasteiger partial charge in [0.15, 0.2) is 5.82 Å². The zero-order valence-electron chi connectivity index (χ0n) is 8.10. The van der Waals surface area contributed by atoms with Crippen LogP contribution in [0.1, 0.15) is 5.56 Å². The molecule has 14 heavy (non-hydrogen) atoms. The second-order valence-electron chi connectivity index (χ2n) is 3.25. The van der Waals surface area contributed by atoms with E-state index in [2.05, 4.69) is 9.97 Å². The van der Waals surface area contributed by atoms with Crippen LogP contribution in [0.2, 0.25) is 0 Å². The SMILES string of the molecule is Cc1ccnc(-c2nc(O)cn2C)c1. The van der Waals surface area contributed by atoms with Gasteiger partial charge in [-0.05, 0) is 24.6 Å². The summed E-state index contributed by atoms with van der Waals surface area (Å²) in [7, 11) is 1.83. The lowest BCUT2D eigenvalue weighted by molar-refractivity contribution is 0.456. The van der Waals surface area contributed by atoms with E-state index < -0.39 is 0 Å². The standard InChI is InChI=1S/C10H11N3O/c1-7-3-4-11-8(5-7)10-12-9(14)6-13(10)2/h3-6,14H,1-2H3. The fraction of sp³-hybridized carbons (Fsp3) is 0.200. The van der Waals surface area contributed by atoms with Crippen molar-refractivity contribution in [3.63, 3.8) is 0 Å². The summed E-state index contributed by atoms with van der Waals surface area (Å²) in [4.78, 5) is 8.17. The molecule has 0 spiro atoms. The van der Waals surface area contributed by atoms with Crippen LogP contribution in [0.15, 0.2) is 24.5 Å². The Labute approximate surface area is 81.9 Å². The Morgan fingerprint density at radius 2 is 2.21 bits per heavy atom. The molecule has 4 heteroatoms.